The molecule has 0 spiro atoms. The van der Waals surface area contributed by atoms with Crippen molar-refractivity contribution in [2.24, 2.45) is 0 Å². The highest BCUT2D eigenvalue weighted by Gasteiger charge is 2.23. The molecule has 118 valence electrons. The van der Waals surface area contributed by atoms with Gasteiger partial charge in [0.2, 0.25) is 27.7 Å². The molecule has 1 aromatic rings. The Morgan fingerprint density at radius 1 is 1.05 bits per heavy atom. The predicted octanol–water partition coefficient (Wildman–Crippen LogP) is -0.0345. The number of sulfonamides is 1. The highest BCUT2D eigenvalue weighted by Crippen LogP contribution is 2.21. The van der Waals surface area contributed by atoms with Crippen LogP contribution in [0.3, 0.4) is 0 Å². The van der Waals surface area contributed by atoms with Crippen molar-refractivity contribution in [2.45, 2.75) is 6.42 Å². The Morgan fingerprint density at radius 3 is 2.19 bits per heavy atom. The summed E-state index contributed by atoms with van der Waals surface area (Å²) in [5.74, 6) is 1.32. The lowest BCUT2D eigenvalue weighted by atomic mass is 10.4. The molecule has 8 nitrogen and oxygen atoms in total. The monoisotopic (exact) mass is 316 g/mol. The maximum Gasteiger partial charge on any atom is 0.232 e. The second kappa shape index (κ2) is 6.44. The largest absolute Gasteiger partial charge is 0.481 e. The van der Waals surface area contributed by atoms with Gasteiger partial charge in [-0.05, 0) is 6.42 Å². The van der Waals surface area contributed by atoms with E-state index in [4.69, 9.17) is 9.47 Å². The lowest BCUT2D eigenvalue weighted by Crippen LogP contribution is -2.34. The van der Waals surface area contributed by atoms with Gasteiger partial charge in [0.25, 0.3) is 0 Å². The average Bonchev–Trinajstić information content (AvgIpc) is 2.72. The van der Waals surface area contributed by atoms with Gasteiger partial charge in [0.1, 0.15) is 0 Å². The maximum atomic E-state index is 11.6. The summed E-state index contributed by atoms with van der Waals surface area (Å²) >= 11 is 0. The van der Waals surface area contributed by atoms with Crippen LogP contribution in [0.2, 0.25) is 0 Å². The van der Waals surface area contributed by atoms with Gasteiger partial charge in [0, 0.05) is 26.2 Å². The van der Waals surface area contributed by atoms with E-state index in [1.54, 1.807) is 6.07 Å². The summed E-state index contributed by atoms with van der Waals surface area (Å²) in [5.41, 5.74) is 0. The van der Waals surface area contributed by atoms with E-state index in [1.165, 1.54) is 24.8 Å². The molecule has 1 aromatic heterocycles. The average molecular weight is 316 g/mol. The molecule has 0 unspecified atom stereocenters. The molecule has 0 amide bonds. The molecule has 1 aliphatic heterocycles. The number of aromatic nitrogens is 2. The van der Waals surface area contributed by atoms with Crippen LogP contribution >= 0.6 is 0 Å². The molecule has 0 aliphatic carbocycles. The first-order chi connectivity index (χ1) is 9.94. The number of hydrogen-bond donors (Lipinski definition) is 0. The third kappa shape index (κ3) is 3.94. The van der Waals surface area contributed by atoms with Gasteiger partial charge in [-0.15, -0.1) is 0 Å². The van der Waals surface area contributed by atoms with E-state index in [9.17, 15) is 8.42 Å². The van der Waals surface area contributed by atoms with Crippen molar-refractivity contribution in [3.05, 3.63) is 6.07 Å². The summed E-state index contributed by atoms with van der Waals surface area (Å²) in [6, 6.07) is 1.60. The molecule has 0 saturated carbocycles. The zero-order chi connectivity index (χ0) is 15.5. The van der Waals surface area contributed by atoms with Crippen molar-refractivity contribution in [3.8, 4) is 11.8 Å². The number of hydrogen-bond acceptors (Lipinski definition) is 7. The van der Waals surface area contributed by atoms with Crippen LogP contribution in [0.4, 0.5) is 5.95 Å². The molecule has 0 bridgehead atoms. The molecule has 9 heteroatoms. The van der Waals surface area contributed by atoms with Crippen molar-refractivity contribution in [1.29, 1.82) is 0 Å². The minimum absolute atomic E-state index is 0.418. The second-order valence-corrected chi connectivity index (χ2v) is 6.74. The Morgan fingerprint density at radius 2 is 1.67 bits per heavy atom. The highest BCUT2D eigenvalue weighted by atomic mass is 32.2. The topological polar surface area (TPSA) is 84.9 Å². The van der Waals surface area contributed by atoms with Crippen LogP contribution in [0.25, 0.3) is 0 Å². The van der Waals surface area contributed by atoms with Crippen LogP contribution in [0.1, 0.15) is 6.42 Å². The third-order valence-corrected chi connectivity index (χ3v) is 4.60. The maximum absolute atomic E-state index is 11.6. The van der Waals surface area contributed by atoms with E-state index in [0.717, 1.165) is 6.42 Å². The quantitative estimate of drug-likeness (QED) is 0.771. The van der Waals surface area contributed by atoms with E-state index in [2.05, 4.69) is 9.97 Å². The molecular weight excluding hydrogens is 296 g/mol. The SMILES string of the molecule is COc1cc(OC)nc(N2CCCN(S(C)(=O)=O)CC2)n1. The number of anilines is 1. The summed E-state index contributed by atoms with van der Waals surface area (Å²) in [7, 11) is -0.110. The van der Waals surface area contributed by atoms with Crippen molar-refractivity contribution < 1.29 is 17.9 Å². The minimum Gasteiger partial charge on any atom is -0.481 e. The zero-order valence-corrected chi connectivity index (χ0v) is 13.3. The van der Waals surface area contributed by atoms with E-state index in [-0.39, 0.29) is 0 Å². The normalized spacial score (nSPS) is 17.4. The molecule has 0 radical (unpaired) electrons. The standard InChI is InChI=1S/C12H20N4O4S/c1-19-10-9-11(20-2)14-12(13-10)15-5-4-6-16(8-7-15)21(3,17)18/h9H,4-8H2,1-3H3. The molecule has 0 aromatic carbocycles. The Bertz CT molecular complexity index is 571. The van der Waals surface area contributed by atoms with Crippen molar-refractivity contribution >= 4 is 16.0 Å². The van der Waals surface area contributed by atoms with Gasteiger partial charge in [-0.1, -0.05) is 0 Å². The van der Waals surface area contributed by atoms with Gasteiger partial charge < -0.3 is 14.4 Å². The van der Waals surface area contributed by atoms with Crippen LogP contribution in [-0.2, 0) is 10.0 Å². The highest BCUT2D eigenvalue weighted by molar-refractivity contribution is 7.88. The summed E-state index contributed by atoms with van der Waals surface area (Å²) < 4.78 is 35.0. The van der Waals surface area contributed by atoms with E-state index >= 15 is 0 Å². The minimum atomic E-state index is -3.16. The van der Waals surface area contributed by atoms with Crippen LogP contribution in [0, 0.1) is 0 Å². The van der Waals surface area contributed by atoms with Crippen LogP contribution in [-0.4, -0.2) is 69.3 Å². The van der Waals surface area contributed by atoms with Gasteiger partial charge in [0.05, 0.1) is 26.5 Å². The van der Waals surface area contributed by atoms with Crippen LogP contribution in [0.15, 0.2) is 6.07 Å². The summed E-state index contributed by atoms with van der Waals surface area (Å²) in [4.78, 5) is 10.5. The zero-order valence-electron chi connectivity index (χ0n) is 12.4. The number of nitrogens with zero attached hydrogens (tertiary/aromatic N) is 4. The molecule has 21 heavy (non-hydrogen) atoms. The third-order valence-electron chi connectivity index (χ3n) is 3.29. The molecule has 0 N–H and O–H groups in total. The molecule has 0 atom stereocenters. The van der Waals surface area contributed by atoms with E-state index in [1.807, 2.05) is 4.90 Å². The Hall–Kier alpha value is -1.61. The Labute approximate surface area is 124 Å². The molecule has 1 saturated heterocycles. The number of methoxy groups -OCH3 is 2. The van der Waals surface area contributed by atoms with Crippen LogP contribution < -0.4 is 14.4 Å². The summed E-state index contributed by atoms with van der Waals surface area (Å²) in [5, 5.41) is 0. The summed E-state index contributed by atoms with van der Waals surface area (Å²) in [6.07, 6.45) is 1.95. The van der Waals surface area contributed by atoms with Gasteiger partial charge in [-0.2, -0.15) is 9.97 Å². The fourth-order valence-corrected chi connectivity index (χ4v) is 3.04. The first-order valence-electron chi connectivity index (χ1n) is 6.61. The lowest BCUT2D eigenvalue weighted by Gasteiger charge is -2.21. The fraction of sp³-hybridized carbons (Fsp3) is 0.667. The van der Waals surface area contributed by atoms with E-state index in [0.29, 0.717) is 43.9 Å². The Balaban J connectivity index is 2.19. The molecule has 2 heterocycles. The van der Waals surface area contributed by atoms with Gasteiger partial charge in [-0.25, -0.2) is 12.7 Å². The molecule has 1 aliphatic rings. The number of rotatable bonds is 4. The first kappa shape index (κ1) is 15.8. The molecule has 1 fully saturated rings. The number of ether oxygens (including phenoxy) is 2. The Kier molecular flexibility index (Phi) is 4.84. The van der Waals surface area contributed by atoms with Gasteiger partial charge in [-0.3, -0.25) is 0 Å². The second-order valence-electron chi connectivity index (χ2n) is 4.76. The van der Waals surface area contributed by atoms with Crippen molar-refractivity contribution in [1.82, 2.24) is 14.3 Å². The smallest absolute Gasteiger partial charge is 0.232 e. The van der Waals surface area contributed by atoms with Gasteiger partial charge in [0.15, 0.2) is 0 Å². The van der Waals surface area contributed by atoms with Gasteiger partial charge >= 0.3 is 0 Å². The molecular formula is C12H20N4O4S. The van der Waals surface area contributed by atoms with Crippen molar-refractivity contribution in [2.75, 3.05) is 51.6 Å². The lowest BCUT2D eigenvalue weighted by molar-refractivity contribution is 0.371. The van der Waals surface area contributed by atoms with Crippen molar-refractivity contribution in [3.63, 3.8) is 0 Å². The first-order valence-corrected chi connectivity index (χ1v) is 8.46. The van der Waals surface area contributed by atoms with Crippen LogP contribution in [0.5, 0.6) is 11.8 Å². The fourth-order valence-electron chi connectivity index (χ4n) is 2.17. The van der Waals surface area contributed by atoms with E-state index < -0.39 is 10.0 Å². The summed E-state index contributed by atoms with van der Waals surface area (Å²) in [6.45, 7) is 2.14. The molecule has 2 rings (SSSR count). The predicted molar refractivity (Wildman–Crippen MR) is 78.4 cm³/mol.